The normalized spacial score (nSPS) is 13.0. The maximum Gasteiger partial charge on any atom is 0.129 e. The Hall–Kier alpha value is 0.0700. The standard InChI is InChI=1S/C8H7Br2FO/c9-4-8(12)6-3-5(10)1-2-7(6)11/h1-3,8,12H,4H2/t8-/m0/s1. The van der Waals surface area contributed by atoms with Gasteiger partial charge in [0.25, 0.3) is 0 Å². The van der Waals surface area contributed by atoms with Crippen molar-refractivity contribution in [3.05, 3.63) is 34.1 Å². The summed E-state index contributed by atoms with van der Waals surface area (Å²) in [5, 5.41) is 9.66. The van der Waals surface area contributed by atoms with E-state index < -0.39 is 6.10 Å². The van der Waals surface area contributed by atoms with Crippen LogP contribution in [0.3, 0.4) is 0 Å². The van der Waals surface area contributed by atoms with Gasteiger partial charge < -0.3 is 5.11 Å². The number of rotatable bonds is 2. The van der Waals surface area contributed by atoms with Crippen LogP contribution in [-0.2, 0) is 0 Å². The second kappa shape index (κ2) is 4.35. The molecule has 0 saturated carbocycles. The van der Waals surface area contributed by atoms with E-state index in [0.29, 0.717) is 10.9 Å². The quantitative estimate of drug-likeness (QED) is 0.832. The summed E-state index contributed by atoms with van der Waals surface area (Å²) in [7, 11) is 0. The fourth-order valence-corrected chi connectivity index (χ4v) is 1.58. The van der Waals surface area contributed by atoms with Gasteiger partial charge in [0.2, 0.25) is 0 Å². The Labute approximate surface area is 86.9 Å². The molecule has 0 unspecified atom stereocenters. The molecule has 1 aromatic carbocycles. The Morgan fingerprint density at radius 2 is 2.17 bits per heavy atom. The van der Waals surface area contributed by atoms with Crippen molar-refractivity contribution in [1.82, 2.24) is 0 Å². The number of aliphatic hydroxyl groups is 1. The third kappa shape index (κ3) is 2.28. The van der Waals surface area contributed by atoms with Gasteiger partial charge in [-0.05, 0) is 18.2 Å². The van der Waals surface area contributed by atoms with E-state index in [1.54, 1.807) is 12.1 Å². The van der Waals surface area contributed by atoms with Gasteiger partial charge in [-0.15, -0.1) is 0 Å². The zero-order chi connectivity index (χ0) is 9.14. The number of hydrogen-bond acceptors (Lipinski definition) is 1. The molecule has 66 valence electrons. The van der Waals surface area contributed by atoms with Gasteiger partial charge in [-0.3, -0.25) is 0 Å². The number of hydrogen-bond donors (Lipinski definition) is 1. The number of alkyl halides is 1. The highest BCUT2D eigenvalue weighted by molar-refractivity contribution is 9.10. The van der Waals surface area contributed by atoms with E-state index in [4.69, 9.17) is 0 Å². The summed E-state index contributed by atoms with van der Waals surface area (Å²) >= 11 is 6.28. The first-order chi connectivity index (χ1) is 5.65. The van der Waals surface area contributed by atoms with Gasteiger partial charge in [-0.1, -0.05) is 31.9 Å². The lowest BCUT2D eigenvalue weighted by atomic mass is 10.1. The molecule has 1 aromatic rings. The third-order valence-corrected chi connectivity index (χ3v) is 2.57. The Balaban J connectivity index is 3.04. The van der Waals surface area contributed by atoms with Crippen molar-refractivity contribution in [1.29, 1.82) is 0 Å². The Kier molecular flexibility index (Phi) is 3.68. The topological polar surface area (TPSA) is 20.2 Å². The summed E-state index contributed by atoms with van der Waals surface area (Å²) in [5.41, 5.74) is 0.307. The molecule has 0 aliphatic rings. The second-order valence-corrected chi connectivity index (χ2v) is 3.90. The lowest BCUT2D eigenvalue weighted by Crippen LogP contribution is -2.01. The molecule has 1 nitrogen and oxygen atoms in total. The Bertz CT molecular complexity index is 278. The summed E-state index contributed by atoms with van der Waals surface area (Å²) in [6.45, 7) is 0. The van der Waals surface area contributed by atoms with E-state index in [2.05, 4.69) is 31.9 Å². The van der Waals surface area contributed by atoms with Crippen LogP contribution in [0.15, 0.2) is 22.7 Å². The van der Waals surface area contributed by atoms with Crippen LogP contribution in [-0.4, -0.2) is 10.4 Å². The van der Waals surface area contributed by atoms with E-state index >= 15 is 0 Å². The molecule has 0 bridgehead atoms. The summed E-state index contributed by atoms with van der Waals surface area (Å²) in [6.07, 6.45) is -0.789. The van der Waals surface area contributed by atoms with Gasteiger partial charge in [-0.2, -0.15) is 0 Å². The van der Waals surface area contributed by atoms with Crippen molar-refractivity contribution in [3.63, 3.8) is 0 Å². The largest absolute Gasteiger partial charge is 0.387 e. The first-order valence-electron chi connectivity index (χ1n) is 3.34. The molecule has 0 aliphatic carbocycles. The number of benzene rings is 1. The summed E-state index contributed by atoms with van der Waals surface area (Å²) in [6, 6.07) is 4.49. The van der Waals surface area contributed by atoms with Crippen LogP contribution in [0.4, 0.5) is 4.39 Å². The molecule has 0 radical (unpaired) electrons. The minimum absolute atomic E-state index is 0.307. The maximum absolute atomic E-state index is 13.0. The van der Waals surface area contributed by atoms with E-state index in [9.17, 15) is 9.50 Å². The minimum atomic E-state index is -0.789. The predicted octanol–water partition coefficient (Wildman–Crippen LogP) is 3.02. The molecule has 0 spiro atoms. The first kappa shape index (κ1) is 10.2. The second-order valence-electron chi connectivity index (χ2n) is 2.34. The summed E-state index contributed by atoms with van der Waals surface area (Å²) in [5.74, 6) is -0.384. The highest BCUT2D eigenvalue weighted by Gasteiger charge is 2.11. The SMILES string of the molecule is O[C@@H](CBr)c1cc(Br)ccc1F. The van der Waals surface area contributed by atoms with E-state index in [0.717, 1.165) is 4.47 Å². The fraction of sp³-hybridized carbons (Fsp3) is 0.250. The average Bonchev–Trinajstić information content (AvgIpc) is 2.08. The van der Waals surface area contributed by atoms with Crippen molar-refractivity contribution in [2.45, 2.75) is 6.10 Å². The summed E-state index contributed by atoms with van der Waals surface area (Å²) < 4.78 is 13.8. The van der Waals surface area contributed by atoms with Gasteiger partial charge in [0.1, 0.15) is 5.82 Å². The third-order valence-electron chi connectivity index (χ3n) is 1.46. The molecule has 0 aromatic heterocycles. The first-order valence-corrected chi connectivity index (χ1v) is 5.25. The Morgan fingerprint density at radius 1 is 1.50 bits per heavy atom. The zero-order valence-electron chi connectivity index (χ0n) is 6.10. The van der Waals surface area contributed by atoms with Crippen molar-refractivity contribution in [2.75, 3.05) is 5.33 Å². The molecule has 0 heterocycles. The maximum atomic E-state index is 13.0. The van der Waals surface area contributed by atoms with Crippen LogP contribution in [0.1, 0.15) is 11.7 Å². The number of aliphatic hydroxyl groups excluding tert-OH is 1. The van der Waals surface area contributed by atoms with Gasteiger partial charge in [0.15, 0.2) is 0 Å². The number of halogens is 3. The smallest absolute Gasteiger partial charge is 0.129 e. The predicted molar refractivity (Wildman–Crippen MR) is 52.9 cm³/mol. The van der Waals surface area contributed by atoms with E-state index in [-0.39, 0.29) is 5.82 Å². The molecule has 1 rings (SSSR count). The van der Waals surface area contributed by atoms with Crippen molar-refractivity contribution in [2.24, 2.45) is 0 Å². The molecule has 0 amide bonds. The molecule has 1 N–H and O–H groups in total. The van der Waals surface area contributed by atoms with Crippen LogP contribution >= 0.6 is 31.9 Å². The molecule has 4 heteroatoms. The van der Waals surface area contributed by atoms with Gasteiger partial charge >= 0.3 is 0 Å². The summed E-state index contributed by atoms with van der Waals surface area (Å²) in [4.78, 5) is 0. The van der Waals surface area contributed by atoms with Crippen molar-refractivity contribution in [3.8, 4) is 0 Å². The van der Waals surface area contributed by atoms with Gasteiger partial charge in [-0.25, -0.2) is 4.39 Å². The Morgan fingerprint density at radius 3 is 2.75 bits per heavy atom. The van der Waals surface area contributed by atoms with Gasteiger partial charge in [0.05, 0.1) is 6.10 Å². The van der Waals surface area contributed by atoms with E-state index in [1.165, 1.54) is 6.07 Å². The van der Waals surface area contributed by atoms with Crippen LogP contribution < -0.4 is 0 Å². The molecule has 12 heavy (non-hydrogen) atoms. The van der Waals surface area contributed by atoms with Gasteiger partial charge in [0, 0.05) is 15.4 Å². The fourth-order valence-electron chi connectivity index (χ4n) is 0.853. The van der Waals surface area contributed by atoms with Crippen LogP contribution in [0, 0.1) is 5.82 Å². The highest BCUT2D eigenvalue weighted by Crippen LogP contribution is 2.22. The molecule has 0 saturated heterocycles. The van der Waals surface area contributed by atoms with Crippen molar-refractivity contribution < 1.29 is 9.50 Å². The van der Waals surface area contributed by atoms with Crippen LogP contribution in [0.2, 0.25) is 0 Å². The highest BCUT2D eigenvalue weighted by atomic mass is 79.9. The monoisotopic (exact) mass is 296 g/mol. The lowest BCUT2D eigenvalue weighted by molar-refractivity contribution is 0.200. The average molecular weight is 298 g/mol. The van der Waals surface area contributed by atoms with E-state index in [1.807, 2.05) is 0 Å². The zero-order valence-corrected chi connectivity index (χ0v) is 9.27. The molecule has 1 atom stereocenters. The lowest BCUT2D eigenvalue weighted by Gasteiger charge is -2.08. The van der Waals surface area contributed by atoms with Crippen LogP contribution in [0.25, 0.3) is 0 Å². The van der Waals surface area contributed by atoms with Crippen molar-refractivity contribution >= 4 is 31.9 Å². The molecular formula is C8H7Br2FO. The van der Waals surface area contributed by atoms with Crippen LogP contribution in [0.5, 0.6) is 0 Å². The molecular weight excluding hydrogens is 291 g/mol. The minimum Gasteiger partial charge on any atom is -0.387 e. The molecule has 0 aliphatic heterocycles. The molecule has 0 fully saturated rings.